The highest BCUT2D eigenvalue weighted by Gasteiger charge is 2.24. The van der Waals surface area contributed by atoms with Gasteiger partial charge in [-0.25, -0.2) is 9.59 Å². The molecule has 0 N–H and O–H groups in total. The van der Waals surface area contributed by atoms with Crippen LogP contribution < -0.4 is 11.2 Å². The van der Waals surface area contributed by atoms with Crippen molar-refractivity contribution in [2.24, 2.45) is 14.1 Å². The van der Waals surface area contributed by atoms with Crippen LogP contribution in [0.25, 0.3) is 0 Å². The first kappa shape index (κ1) is 18.3. The Morgan fingerprint density at radius 2 is 1.62 bits per heavy atom. The van der Waals surface area contributed by atoms with Crippen molar-refractivity contribution in [2.45, 2.75) is 20.4 Å². The standard InChI is InChI=1S/C16H27N5O3/c1-5-20(6-2)16(24)21-9-7-19(8-10-21)12-13-11-14(22)18(4)15(23)17(13)3/h11H,5-10,12H2,1-4H3. The van der Waals surface area contributed by atoms with Crippen LogP contribution in [0.5, 0.6) is 0 Å². The van der Waals surface area contributed by atoms with Gasteiger partial charge in [0.05, 0.1) is 0 Å². The van der Waals surface area contributed by atoms with Crippen molar-refractivity contribution < 1.29 is 4.79 Å². The Bertz CT molecular complexity index is 697. The van der Waals surface area contributed by atoms with Crippen LogP contribution >= 0.6 is 0 Å². The molecule has 0 saturated carbocycles. The molecular formula is C16H27N5O3. The average molecular weight is 337 g/mol. The number of carbonyl (C=O) groups excluding carboxylic acids is 1. The van der Waals surface area contributed by atoms with E-state index in [-0.39, 0.29) is 17.3 Å². The molecule has 24 heavy (non-hydrogen) atoms. The van der Waals surface area contributed by atoms with Gasteiger partial charge in [-0.1, -0.05) is 0 Å². The van der Waals surface area contributed by atoms with E-state index in [1.54, 1.807) is 7.05 Å². The zero-order valence-corrected chi connectivity index (χ0v) is 15.0. The number of hydrogen-bond donors (Lipinski definition) is 0. The summed E-state index contributed by atoms with van der Waals surface area (Å²) in [5.74, 6) is 0. The van der Waals surface area contributed by atoms with Crippen LogP contribution in [0.1, 0.15) is 19.5 Å². The Hall–Kier alpha value is -2.09. The first-order valence-electron chi connectivity index (χ1n) is 8.41. The molecule has 0 radical (unpaired) electrons. The minimum atomic E-state index is -0.312. The quantitative estimate of drug-likeness (QED) is 0.754. The maximum atomic E-state index is 12.4. The van der Waals surface area contributed by atoms with Gasteiger partial charge in [0.25, 0.3) is 5.56 Å². The van der Waals surface area contributed by atoms with E-state index in [4.69, 9.17) is 0 Å². The number of rotatable bonds is 4. The van der Waals surface area contributed by atoms with Crippen molar-refractivity contribution >= 4 is 6.03 Å². The monoisotopic (exact) mass is 337 g/mol. The minimum absolute atomic E-state index is 0.0839. The van der Waals surface area contributed by atoms with Gasteiger partial charge < -0.3 is 9.80 Å². The number of urea groups is 1. The fourth-order valence-corrected chi connectivity index (χ4v) is 2.95. The van der Waals surface area contributed by atoms with E-state index in [1.807, 2.05) is 23.6 Å². The third-order valence-corrected chi connectivity index (χ3v) is 4.69. The molecule has 1 saturated heterocycles. The van der Waals surface area contributed by atoms with Gasteiger partial charge in [0.2, 0.25) is 0 Å². The van der Waals surface area contributed by atoms with Gasteiger partial charge in [0, 0.05) is 71.7 Å². The number of piperazine rings is 1. The summed E-state index contributed by atoms with van der Waals surface area (Å²) in [4.78, 5) is 42.0. The largest absolute Gasteiger partial charge is 0.330 e. The smallest absolute Gasteiger partial charge is 0.325 e. The van der Waals surface area contributed by atoms with Crippen LogP contribution in [-0.4, -0.2) is 69.1 Å². The van der Waals surface area contributed by atoms with Gasteiger partial charge in [0.1, 0.15) is 0 Å². The predicted octanol–water partition coefficient (Wildman–Crippen LogP) is -0.337. The number of hydrogen-bond acceptors (Lipinski definition) is 4. The summed E-state index contributed by atoms with van der Waals surface area (Å²) in [6, 6.07) is 1.59. The van der Waals surface area contributed by atoms with E-state index in [0.29, 0.717) is 38.4 Å². The first-order valence-corrected chi connectivity index (χ1v) is 8.41. The van der Waals surface area contributed by atoms with E-state index < -0.39 is 0 Å². The van der Waals surface area contributed by atoms with Crippen LogP contribution in [-0.2, 0) is 20.6 Å². The van der Waals surface area contributed by atoms with Gasteiger partial charge in [-0.3, -0.25) is 18.8 Å². The van der Waals surface area contributed by atoms with Crippen LogP contribution in [0.15, 0.2) is 15.7 Å². The molecule has 0 aromatic carbocycles. The van der Waals surface area contributed by atoms with E-state index >= 15 is 0 Å². The molecule has 0 spiro atoms. The fraction of sp³-hybridized carbons (Fsp3) is 0.688. The molecule has 2 rings (SSSR count). The molecule has 8 heteroatoms. The summed E-state index contributed by atoms with van der Waals surface area (Å²) in [7, 11) is 3.16. The maximum Gasteiger partial charge on any atom is 0.330 e. The summed E-state index contributed by atoms with van der Waals surface area (Å²) < 4.78 is 2.61. The van der Waals surface area contributed by atoms with E-state index in [9.17, 15) is 14.4 Å². The molecular weight excluding hydrogens is 310 g/mol. The highest BCUT2D eigenvalue weighted by molar-refractivity contribution is 5.74. The van der Waals surface area contributed by atoms with Crippen LogP contribution in [0.3, 0.4) is 0 Å². The summed E-state index contributed by atoms with van der Waals surface area (Å²) in [5, 5.41) is 0. The second-order valence-electron chi connectivity index (χ2n) is 6.09. The lowest BCUT2D eigenvalue weighted by Gasteiger charge is -2.37. The van der Waals surface area contributed by atoms with E-state index in [1.165, 1.54) is 17.7 Å². The Morgan fingerprint density at radius 3 is 2.17 bits per heavy atom. The third kappa shape index (κ3) is 3.69. The fourth-order valence-electron chi connectivity index (χ4n) is 2.95. The first-order chi connectivity index (χ1) is 11.4. The highest BCUT2D eigenvalue weighted by atomic mass is 16.2. The second kappa shape index (κ2) is 7.65. The van der Waals surface area contributed by atoms with Crippen LogP contribution in [0, 0.1) is 0 Å². The average Bonchev–Trinajstić information content (AvgIpc) is 2.59. The maximum absolute atomic E-state index is 12.4. The van der Waals surface area contributed by atoms with Gasteiger partial charge in [-0.2, -0.15) is 0 Å². The van der Waals surface area contributed by atoms with Crippen LogP contribution in [0.2, 0.25) is 0 Å². The number of amides is 2. The Kier molecular flexibility index (Phi) is 5.82. The highest BCUT2D eigenvalue weighted by Crippen LogP contribution is 2.08. The van der Waals surface area contributed by atoms with Crippen molar-refractivity contribution in [1.82, 2.24) is 23.8 Å². The molecule has 0 unspecified atom stereocenters. The molecule has 0 aliphatic carbocycles. The molecule has 0 atom stereocenters. The summed E-state index contributed by atoms with van der Waals surface area (Å²) in [6.45, 7) is 8.71. The lowest BCUT2D eigenvalue weighted by atomic mass is 10.3. The van der Waals surface area contributed by atoms with Crippen molar-refractivity contribution in [3.8, 4) is 0 Å². The lowest BCUT2D eigenvalue weighted by Crippen LogP contribution is -2.52. The Labute approximate surface area is 141 Å². The molecule has 8 nitrogen and oxygen atoms in total. The van der Waals surface area contributed by atoms with Crippen LogP contribution in [0.4, 0.5) is 4.79 Å². The van der Waals surface area contributed by atoms with Gasteiger partial charge in [-0.15, -0.1) is 0 Å². The van der Waals surface area contributed by atoms with Crippen molar-refractivity contribution in [3.05, 3.63) is 32.6 Å². The van der Waals surface area contributed by atoms with Crippen molar-refractivity contribution in [1.29, 1.82) is 0 Å². The topological polar surface area (TPSA) is 70.8 Å². The normalized spacial score (nSPS) is 15.6. The van der Waals surface area contributed by atoms with E-state index in [0.717, 1.165) is 17.7 Å². The summed E-state index contributed by atoms with van der Waals surface area (Å²) in [5.41, 5.74) is 0.0999. The van der Waals surface area contributed by atoms with Crippen molar-refractivity contribution in [2.75, 3.05) is 39.3 Å². The molecule has 1 aliphatic heterocycles. The zero-order chi connectivity index (χ0) is 17.9. The van der Waals surface area contributed by atoms with Crippen molar-refractivity contribution in [3.63, 3.8) is 0 Å². The lowest BCUT2D eigenvalue weighted by molar-refractivity contribution is 0.111. The summed E-state index contributed by atoms with van der Waals surface area (Å²) >= 11 is 0. The second-order valence-corrected chi connectivity index (χ2v) is 6.09. The van der Waals surface area contributed by atoms with E-state index in [2.05, 4.69) is 4.90 Å². The molecule has 2 amide bonds. The minimum Gasteiger partial charge on any atom is -0.325 e. The molecule has 0 bridgehead atoms. The molecule has 1 aromatic heterocycles. The Morgan fingerprint density at radius 1 is 1.04 bits per heavy atom. The third-order valence-electron chi connectivity index (χ3n) is 4.69. The molecule has 1 aromatic rings. The number of nitrogens with zero attached hydrogens (tertiary/aromatic N) is 5. The SMILES string of the molecule is CCN(CC)C(=O)N1CCN(Cc2cc(=O)n(C)c(=O)n2C)CC1. The molecule has 1 fully saturated rings. The predicted molar refractivity (Wildman–Crippen MR) is 92.1 cm³/mol. The zero-order valence-electron chi connectivity index (χ0n) is 15.0. The molecule has 2 heterocycles. The van der Waals surface area contributed by atoms with Gasteiger partial charge >= 0.3 is 11.7 Å². The van der Waals surface area contributed by atoms with Gasteiger partial charge in [-0.05, 0) is 13.8 Å². The Balaban J connectivity index is 2.00. The number of aromatic nitrogens is 2. The molecule has 134 valence electrons. The van der Waals surface area contributed by atoms with Gasteiger partial charge in [0.15, 0.2) is 0 Å². The summed E-state index contributed by atoms with van der Waals surface area (Å²) in [6.07, 6.45) is 0. The molecule has 1 aliphatic rings. The number of carbonyl (C=O) groups is 1.